The fraction of sp³-hybridized carbons (Fsp3) is 0.917. The maximum Gasteiger partial charge on any atom is 0.191 e. The van der Waals surface area contributed by atoms with E-state index in [9.17, 15) is 0 Å². The van der Waals surface area contributed by atoms with Gasteiger partial charge in [0.25, 0.3) is 0 Å². The van der Waals surface area contributed by atoms with Crippen LogP contribution in [0.15, 0.2) is 4.99 Å². The predicted molar refractivity (Wildman–Crippen MR) is 83.8 cm³/mol. The zero-order valence-corrected chi connectivity index (χ0v) is 13.7. The van der Waals surface area contributed by atoms with Gasteiger partial charge in [-0.15, -0.1) is 24.0 Å². The van der Waals surface area contributed by atoms with E-state index in [4.69, 9.17) is 0 Å². The summed E-state index contributed by atoms with van der Waals surface area (Å²) in [7, 11) is 0. The van der Waals surface area contributed by atoms with Gasteiger partial charge >= 0.3 is 0 Å². The largest absolute Gasteiger partial charge is 0.357 e. The number of halogens is 1. The van der Waals surface area contributed by atoms with Crippen molar-refractivity contribution >= 4 is 29.9 Å². The van der Waals surface area contributed by atoms with Gasteiger partial charge in [0.2, 0.25) is 0 Å². The summed E-state index contributed by atoms with van der Waals surface area (Å²) in [6.07, 6.45) is 2.38. The molecule has 0 aliphatic heterocycles. The van der Waals surface area contributed by atoms with E-state index in [0.29, 0.717) is 5.41 Å². The highest BCUT2D eigenvalue weighted by molar-refractivity contribution is 14.0. The highest BCUT2D eigenvalue weighted by atomic mass is 127. The molecule has 0 aromatic heterocycles. The molecule has 0 fully saturated rings. The number of aliphatic imine (C=N–C) groups is 1. The Morgan fingerprint density at radius 1 is 1.06 bits per heavy atom. The van der Waals surface area contributed by atoms with Gasteiger partial charge in [0.05, 0.1) is 0 Å². The van der Waals surface area contributed by atoms with Crippen molar-refractivity contribution in [1.82, 2.24) is 10.6 Å². The van der Waals surface area contributed by atoms with Crippen molar-refractivity contribution in [1.29, 1.82) is 0 Å². The Labute approximate surface area is 118 Å². The third-order valence-corrected chi connectivity index (χ3v) is 2.04. The van der Waals surface area contributed by atoms with Crippen LogP contribution < -0.4 is 10.6 Å². The van der Waals surface area contributed by atoms with Crippen LogP contribution in [0, 0.1) is 5.41 Å². The zero-order chi connectivity index (χ0) is 11.7. The average Bonchev–Trinajstić information content (AvgIpc) is 2.11. The second-order valence-corrected chi connectivity index (χ2v) is 4.96. The molecule has 98 valence electrons. The van der Waals surface area contributed by atoms with Crippen LogP contribution >= 0.6 is 24.0 Å². The minimum Gasteiger partial charge on any atom is -0.357 e. The fourth-order valence-corrected chi connectivity index (χ4v) is 1.31. The summed E-state index contributed by atoms with van der Waals surface area (Å²) in [6, 6.07) is 0. The molecule has 0 spiro atoms. The van der Waals surface area contributed by atoms with Crippen LogP contribution in [-0.2, 0) is 0 Å². The number of guanidine groups is 1. The molecule has 0 saturated heterocycles. The molecule has 0 aliphatic carbocycles. The van der Waals surface area contributed by atoms with Crippen LogP contribution in [0.2, 0.25) is 0 Å². The highest BCUT2D eigenvalue weighted by Gasteiger charge is 2.08. The Balaban J connectivity index is 0. The van der Waals surface area contributed by atoms with E-state index < -0.39 is 0 Å². The summed E-state index contributed by atoms with van der Waals surface area (Å²) in [5.74, 6) is 0.939. The van der Waals surface area contributed by atoms with Crippen molar-refractivity contribution in [2.75, 3.05) is 19.6 Å². The van der Waals surface area contributed by atoms with E-state index in [2.05, 4.69) is 50.2 Å². The summed E-state index contributed by atoms with van der Waals surface area (Å²) in [5, 5.41) is 6.44. The van der Waals surface area contributed by atoms with Gasteiger partial charge in [-0.05, 0) is 32.1 Å². The van der Waals surface area contributed by atoms with E-state index in [0.717, 1.165) is 32.0 Å². The monoisotopic (exact) mass is 341 g/mol. The molecule has 0 radical (unpaired) electrons. The molecule has 0 aromatic carbocycles. The first-order chi connectivity index (χ1) is 6.99. The molecule has 0 aromatic rings. The number of rotatable bonds is 5. The first-order valence-electron chi connectivity index (χ1n) is 6.01. The lowest BCUT2D eigenvalue weighted by atomic mass is 9.91. The lowest BCUT2D eigenvalue weighted by Crippen LogP contribution is -2.37. The van der Waals surface area contributed by atoms with Crippen molar-refractivity contribution in [3.63, 3.8) is 0 Å². The molecule has 0 heterocycles. The van der Waals surface area contributed by atoms with E-state index in [1.807, 2.05) is 0 Å². The Morgan fingerprint density at radius 2 is 1.56 bits per heavy atom. The van der Waals surface area contributed by atoms with E-state index in [-0.39, 0.29) is 24.0 Å². The highest BCUT2D eigenvalue weighted by Crippen LogP contribution is 2.20. The molecule has 0 amide bonds. The molecule has 0 aliphatic rings. The van der Waals surface area contributed by atoms with Gasteiger partial charge in [0, 0.05) is 19.6 Å². The molecule has 0 unspecified atom stereocenters. The van der Waals surface area contributed by atoms with Gasteiger partial charge in [0.15, 0.2) is 5.96 Å². The minimum absolute atomic E-state index is 0. The van der Waals surface area contributed by atoms with Gasteiger partial charge in [-0.25, -0.2) is 0 Å². The van der Waals surface area contributed by atoms with Crippen molar-refractivity contribution in [3.05, 3.63) is 0 Å². The van der Waals surface area contributed by atoms with E-state index in [1.165, 1.54) is 6.42 Å². The second kappa shape index (κ2) is 10.2. The van der Waals surface area contributed by atoms with Crippen LogP contribution in [0.25, 0.3) is 0 Å². The van der Waals surface area contributed by atoms with Gasteiger partial charge < -0.3 is 10.6 Å². The Kier molecular flexibility index (Phi) is 11.7. The van der Waals surface area contributed by atoms with Gasteiger partial charge in [-0.1, -0.05) is 20.8 Å². The van der Waals surface area contributed by atoms with Crippen LogP contribution in [0.4, 0.5) is 0 Å². The summed E-state index contributed by atoms with van der Waals surface area (Å²) in [4.78, 5) is 4.50. The number of nitrogens with zero attached hydrogens (tertiary/aromatic N) is 1. The molecule has 0 rings (SSSR count). The summed E-state index contributed by atoms with van der Waals surface area (Å²) in [6.45, 7) is 13.7. The summed E-state index contributed by atoms with van der Waals surface area (Å²) < 4.78 is 0. The molecule has 2 N–H and O–H groups in total. The topological polar surface area (TPSA) is 36.4 Å². The third-order valence-electron chi connectivity index (χ3n) is 2.04. The lowest BCUT2D eigenvalue weighted by molar-refractivity contribution is 0.368. The maximum absolute atomic E-state index is 4.50. The van der Waals surface area contributed by atoms with E-state index in [1.54, 1.807) is 0 Å². The molecule has 0 atom stereocenters. The van der Waals surface area contributed by atoms with Crippen LogP contribution in [0.1, 0.15) is 47.5 Å². The van der Waals surface area contributed by atoms with Crippen molar-refractivity contribution in [2.24, 2.45) is 10.4 Å². The van der Waals surface area contributed by atoms with Crippen LogP contribution in [0.5, 0.6) is 0 Å². The van der Waals surface area contributed by atoms with Gasteiger partial charge in [0.1, 0.15) is 0 Å². The Hall–Kier alpha value is 0. The number of hydrogen-bond acceptors (Lipinski definition) is 1. The lowest BCUT2D eigenvalue weighted by Gasteiger charge is -2.17. The smallest absolute Gasteiger partial charge is 0.191 e. The molecule has 16 heavy (non-hydrogen) atoms. The van der Waals surface area contributed by atoms with Crippen LogP contribution in [-0.4, -0.2) is 25.6 Å². The van der Waals surface area contributed by atoms with Crippen molar-refractivity contribution in [3.8, 4) is 0 Å². The first kappa shape index (κ1) is 18.4. The Morgan fingerprint density at radius 3 is 1.94 bits per heavy atom. The maximum atomic E-state index is 4.50. The molecule has 4 heteroatoms. The minimum atomic E-state index is 0. The average molecular weight is 341 g/mol. The van der Waals surface area contributed by atoms with Gasteiger partial charge in [-0.3, -0.25) is 4.99 Å². The van der Waals surface area contributed by atoms with Crippen molar-refractivity contribution in [2.45, 2.75) is 47.5 Å². The van der Waals surface area contributed by atoms with E-state index >= 15 is 0 Å². The third kappa shape index (κ3) is 12.1. The number of hydrogen-bond donors (Lipinski definition) is 2. The molecule has 3 nitrogen and oxygen atoms in total. The standard InChI is InChI=1S/C12H27N3.HI/c1-6-13-11(14-7-2)15-10-8-9-12(3,4)5;/h6-10H2,1-5H3,(H2,13,14,15);1H. The van der Waals surface area contributed by atoms with Crippen LogP contribution in [0.3, 0.4) is 0 Å². The normalized spacial score (nSPS) is 10.3. The van der Waals surface area contributed by atoms with Gasteiger partial charge in [-0.2, -0.15) is 0 Å². The summed E-state index contributed by atoms with van der Waals surface area (Å²) in [5.41, 5.74) is 0.423. The predicted octanol–water partition coefficient (Wildman–Crippen LogP) is 3.01. The zero-order valence-electron chi connectivity index (χ0n) is 11.4. The SMILES string of the molecule is CCNC(=NCCCC(C)(C)C)NCC.I. The molecule has 0 bridgehead atoms. The summed E-state index contributed by atoms with van der Waals surface area (Å²) >= 11 is 0. The first-order valence-corrected chi connectivity index (χ1v) is 6.01. The molecular formula is C12H28IN3. The second-order valence-electron chi connectivity index (χ2n) is 4.96. The molecule has 0 saturated carbocycles. The molecular weight excluding hydrogens is 313 g/mol. The van der Waals surface area contributed by atoms with Crippen molar-refractivity contribution < 1.29 is 0 Å². The fourth-order valence-electron chi connectivity index (χ4n) is 1.31. The quantitative estimate of drug-likeness (QED) is 0.349. The number of nitrogens with one attached hydrogen (secondary N) is 2. The Bertz CT molecular complexity index is 177.